The molecule has 2 N–H and O–H groups in total. The minimum absolute atomic E-state index is 0.309. The van der Waals surface area contributed by atoms with Crippen molar-refractivity contribution in [3.63, 3.8) is 0 Å². The van der Waals surface area contributed by atoms with Crippen molar-refractivity contribution in [3.05, 3.63) is 35.9 Å². The molecule has 0 amide bonds. The van der Waals surface area contributed by atoms with Crippen molar-refractivity contribution < 1.29 is 13.5 Å². The summed E-state index contributed by atoms with van der Waals surface area (Å²) in [5, 5.41) is 12.8. The van der Waals surface area contributed by atoms with Crippen molar-refractivity contribution in [1.29, 1.82) is 0 Å². The summed E-state index contributed by atoms with van der Waals surface area (Å²) < 4.78 is 27.5. The van der Waals surface area contributed by atoms with Crippen molar-refractivity contribution in [2.45, 2.75) is 18.7 Å². The fraction of sp³-hybridized carbons (Fsp3) is 0.538. The number of rotatable bonds is 5. The fourth-order valence-corrected chi connectivity index (χ4v) is 3.64. The lowest BCUT2D eigenvalue weighted by Crippen LogP contribution is -2.49. The van der Waals surface area contributed by atoms with Gasteiger partial charge >= 0.3 is 0 Å². The molecule has 1 aliphatic heterocycles. The topological polar surface area (TPSA) is 72.9 Å². The molecule has 0 aromatic heterocycles. The minimum Gasteiger partial charge on any atom is -0.390 e. The van der Waals surface area contributed by atoms with Gasteiger partial charge in [-0.1, -0.05) is 30.3 Å². The number of likely N-dealkylation sites (N-methyl/N-ethyl adjacent to an activating group) is 1. The molecule has 1 saturated heterocycles. The van der Waals surface area contributed by atoms with Crippen LogP contribution in [-0.2, 0) is 16.8 Å². The summed E-state index contributed by atoms with van der Waals surface area (Å²) in [7, 11) is -0.526. The first-order chi connectivity index (χ1) is 9.43. The van der Waals surface area contributed by atoms with Crippen LogP contribution < -0.4 is 5.32 Å². The third-order valence-corrected chi connectivity index (χ3v) is 5.54. The molecule has 20 heavy (non-hydrogen) atoms. The molecule has 1 fully saturated rings. The monoisotopic (exact) mass is 299 g/mol. The van der Waals surface area contributed by atoms with Crippen LogP contribution in [0.3, 0.4) is 0 Å². The number of aliphatic hydroxyl groups is 1. The van der Waals surface area contributed by atoms with E-state index >= 15 is 0 Å². The first kappa shape index (κ1) is 15.4. The molecule has 0 spiro atoms. The molecule has 0 bridgehead atoms. The summed E-state index contributed by atoms with van der Waals surface area (Å²) in [6, 6.07) is 9.01. The van der Waals surface area contributed by atoms with E-state index in [9.17, 15) is 13.5 Å². The van der Waals surface area contributed by atoms with Crippen LogP contribution in [0.15, 0.2) is 30.3 Å². The third kappa shape index (κ3) is 3.18. The molecule has 6 nitrogen and oxygen atoms in total. The summed E-state index contributed by atoms with van der Waals surface area (Å²) in [5.41, 5.74) is 0.928. The molecule has 0 aliphatic carbocycles. The molecule has 1 heterocycles. The second-order valence-corrected chi connectivity index (χ2v) is 7.15. The van der Waals surface area contributed by atoms with Crippen molar-refractivity contribution >= 4 is 10.2 Å². The standard InChI is InChI=1S/C13H21N3O3S/c1-15(10-11-6-4-3-5-7-11)20(18,19)16(2)12-8-14-9-13(12)17/h3-7,12-14,17H,8-10H2,1-2H3/t12-,13-/m1/s1. The average Bonchev–Trinajstić information content (AvgIpc) is 2.85. The van der Waals surface area contributed by atoms with Gasteiger partial charge in [0.1, 0.15) is 0 Å². The maximum absolute atomic E-state index is 12.5. The second-order valence-electron chi connectivity index (χ2n) is 5.06. The van der Waals surface area contributed by atoms with E-state index in [4.69, 9.17) is 0 Å². The van der Waals surface area contributed by atoms with Crippen molar-refractivity contribution in [1.82, 2.24) is 13.9 Å². The highest BCUT2D eigenvalue weighted by molar-refractivity contribution is 7.86. The Balaban J connectivity index is 2.09. The Kier molecular flexibility index (Phi) is 4.77. The Morgan fingerprint density at radius 2 is 1.90 bits per heavy atom. The largest absolute Gasteiger partial charge is 0.390 e. The zero-order valence-corrected chi connectivity index (χ0v) is 12.5. The average molecular weight is 299 g/mol. The Bertz CT molecular complexity index is 535. The zero-order valence-electron chi connectivity index (χ0n) is 11.7. The summed E-state index contributed by atoms with van der Waals surface area (Å²) in [6.07, 6.45) is -0.667. The third-order valence-electron chi connectivity index (χ3n) is 3.62. The Morgan fingerprint density at radius 3 is 2.45 bits per heavy atom. The van der Waals surface area contributed by atoms with Crippen LogP contribution in [-0.4, -0.2) is 61.5 Å². The molecule has 0 saturated carbocycles. The molecule has 1 aromatic rings. The maximum Gasteiger partial charge on any atom is 0.282 e. The van der Waals surface area contributed by atoms with Gasteiger partial charge in [-0.15, -0.1) is 0 Å². The van der Waals surface area contributed by atoms with Crippen molar-refractivity contribution in [2.75, 3.05) is 27.2 Å². The highest BCUT2D eigenvalue weighted by atomic mass is 32.2. The van der Waals surface area contributed by atoms with Gasteiger partial charge in [0.15, 0.2) is 0 Å². The predicted octanol–water partition coefficient (Wildman–Crippen LogP) is -0.372. The second kappa shape index (κ2) is 6.19. The number of aliphatic hydroxyl groups excluding tert-OH is 1. The molecule has 1 aliphatic rings. The first-order valence-electron chi connectivity index (χ1n) is 6.55. The smallest absolute Gasteiger partial charge is 0.282 e. The minimum atomic E-state index is -3.59. The summed E-state index contributed by atoms with van der Waals surface area (Å²) in [6.45, 7) is 1.20. The lowest BCUT2D eigenvalue weighted by molar-refractivity contribution is 0.133. The SMILES string of the molecule is CN(Cc1ccccc1)S(=O)(=O)N(C)[C@@H]1CNC[C@H]1O. The van der Waals surface area contributed by atoms with Gasteiger partial charge in [0.25, 0.3) is 10.2 Å². The summed E-state index contributed by atoms with van der Waals surface area (Å²) in [4.78, 5) is 0. The van der Waals surface area contributed by atoms with Crippen molar-refractivity contribution in [2.24, 2.45) is 0 Å². The van der Waals surface area contributed by atoms with E-state index in [1.807, 2.05) is 30.3 Å². The highest BCUT2D eigenvalue weighted by Gasteiger charge is 2.36. The predicted molar refractivity (Wildman–Crippen MR) is 77.3 cm³/mol. The van der Waals surface area contributed by atoms with Crippen LogP contribution in [0, 0.1) is 0 Å². The van der Waals surface area contributed by atoms with Gasteiger partial charge in [-0.3, -0.25) is 0 Å². The quantitative estimate of drug-likeness (QED) is 0.778. The first-order valence-corrected chi connectivity index (χ1v) is 7.94. The van der Waals surface area contributed by atoms with Crippen LogP contribution in [0.25, 0.3) is 0 Å². The fourth-order valence-electron chi connectivity index (χ4n) is 2.34. The zero-order chi connectivity index (χ0) is 14.8. The van der Waals surface area contributed by atoms with E-state index < -0.39 is 22.4 Å². The van der Waals surface area contributed by atoms with Gasteiger partial charge in [0.05, 0.1) is 12.1 Å². The molecule has 0 unspecified atom stereocenters. The van der Waals surface area contributed by atoms with Crippen LogP contribution >= 0.6 is 0 Å². The lowest BCUT2D eigenvalue weighted by Gasteiger charge is -2.29. The van der Waals surface area contributed by atoms with Gasteiger partial charge in [-0.05, 0) is 5.56 Å². The van der Waals surface area contributed by atoms with Gasteiger partial charge in [-0.2, -0.15) is 17.0 Å². The number of hydrogen-bond donors (Lipinski definition) is 2. The number of hydrogen-bond acceptors (Lipinski definition) is 4. The van der Waals surface area contributed by atoms with Gasteiger partial charge < -0.3 is 10.4 Å². The van der Waals surface area contributed by atoms with E-state index in [-0.39, 0.29) is 0 Å². The Morgan fingerprint density at radius 1 is 1.25 bits per heavy atom. The molecule has 7 heteroatoms. The van der Waals surface area contributed by atoms with Gasteiger partial charge in [0.2, 0.25) is 0 Å². The van der Waals surface area contributed by atoms with E-state index in [1.165, 1.54) is 15.7 Å². The number of nitrogens with one attached hydrogen (secondary N) is 1. The Hall–Kier alpha value is -0.990. The van der Waals surface area contributed by atoms with Crippen molar-refractivity contribution in [3.8, 4) is 0 Å². The molecular weight excluding hydrogens is 278 g/mol. The van der Waals surface area contributed by atoms with E-state index in [0.717, 1.165) is 5.56 Å². The molecular formula is C13H21N3O3S. The van der Waals surface area contributed by atoms with Crippen LogP contribution in [0.5, 0.6) is 0 Å². The van der Waals surface area contributed by atoms with Crippen LogP contribution in [0.1, 0.15) is 5.56 Å². The molecule has 1 aromatic carbocycles. The number of β-amino-alcohol motifs (C(OH)–C–C–N with tert-alkyl or cyclic N) is 1. The van der Waals surface area contributed by atoms with E-state index in [0.29, 0.717) is 19.6 Å². The molecule has 2 atom stereocenters. The van der Waals surface area contributed by atoms with Gasteiger partial charge in [-0.25, -0.2) is 0 Å². The number of nitrogens with zero attached hydrogens (tertiary/aromatic N) is 2. The molecule has 0 radical (unpaired) electrons. The highest BCUT2D eigenvalue weighted by Crippen LogP contribution is 2.16. The van der Waals surface area contributed by atoms with E-state index in [2.05, 4.69) is 5.32 Å². The Labute approximate surface area is 120 Å². The van der Waals surface area contributed by atoms with Crippen LogP contribution in [0.4, 0.5) is 0 Å². The molecule has 112 valence electrons. The summed E-state index contributed by atoms with van der Waals surface area (Å²) >= 11 is 0. The lowest BCUT2D eigenvalue weighted by atomic mass is 10.2. The van der Waals surface area contributed by atoms with E-state index in [1.54, 1.807) is 7.05 Å². The maximum atomic E-state index is 12.5. The number of benzene rings is 1. The molecule has 2 rings (SSSR count). The van der Waals surface area contributed by atoms with Gasteiger partial charge in [0, 0.05) is 33.7 Å². The normalized spacial score (nSPS) is 23.6. The summed E-state index contributed by atoms with van der Waals surface area (Å²) in [5.74, 6) is 0. The van der Waals surface area contributed by atoms with Crippen LogP contribution in [0.2, 0.25) is 0 Å².